The molecule has 7 nitrogen and oxygen atoms in total. The summed E-state index contributed by atoms with van der Waals surface area (Å²) in [7, 11) is -4.26. The number of nitrogen functional groups attached to an aromatic ring is 1. The molecular weight excluding hydrogens is 534 g/mol. The normalized spacial score (nSPS) is 19.6. The smallest absolute Gasteiger partial charge is 0.294 e. The molecule has 0 saturated carbocycles. The summed E-state index contributed by atoms with van der Waals surface area (Å²) in [5, 5.41) is 15.8. The van der Waals surface area contributed by atoms with Crippen LogP contribution in [-0.2, 0) is 15.7 Å². The van der Waals surface area contributed by atoms with Crippen LogP contribution < -0.4 is 11.1 Å². The minimum Gasteiger partial charge on any atom is -0.399 e. The van der Waals surface area contributed by atoms with E-state index in [4.69, 9.17) is 10.7 Å². The number of nitrogens with two attached hydrogens (primary N) is 1. The number of allylic oxidation sites excluding steroid dienone is 1. The second kappa shape index (κ2) is 11.3. The summed E-state index contributed by atoms with van der Waals surface area (Å²) in [5.74, 6) is -0.142. The molecule has 0 radical (unpaired) electrons. The molecule has 0 heterocycles. The lowest BCUT2D eigenvalue weighted by Gasteiger charge is -2.41. The Hall–Kier alpha value is -4.24. The molecule has 4 aromatic rings. The van der Waals surface area contributed by atoms with Crippen LogP contribution in [0.4, 0.5) is 22.7 Å². The fourth-order valence-electron chi connectivity index (χ4n) is 5.38. The van der Waals surface area contributed by atoms with E-state index in [1.54, 1.807) is 12.1 Å². The zero-order chi connectivity index (χ0) is 29.2. The molecule has 1 aliphatic rings. The first-order valence-corrected chi connectivity index (χ1v) is 14.8. The summed E-state index contributed by atoms with van der Waals surface area (Å²) in [6.07, 6.45) is 4.79. The SMILES string of the molecule is Cc1cc(C(O)(c2ccc(Nc3ccc(S(=O)(=O)O)cc3)cc2)C2C=CC(=Nc3ccccc3)CC2C)ccc1N. The van der Waals surface area contributed by atoms with E-state index < -0.39 is 15.7 Å². The van der Waals surface area contributed by atoms with Crippen molar-refractivity contribution in [3.8, 4) is 0 Å². The van der Waals surface area contributed by atoms with E-state index >= 15 is 0 Å². The van der Waals surface area contributed by atoms with Crippen LogP contribution in [0.5, 0.6) is 0 Å². The van der Waals surface area contributed by atoms with Crippen molar-refractivity contribution in [1.82, 2.24) is 0 Å². The van der Waals surface area contributed by atoms with Crippen molar-refractivity contribution in [2.24, 2.45) is 16.8 Å². The van der Waals surface area contributed by atoms with Crippen molar-refractivity contribution in [3.05, 3.63) is 126 Å². The van der Waals surface area contributed by atoms with Crippen LogP contribution in [0.25, 0.3) is 0 Å². The van der Waals surface area contributed by atoms with Gasteiger partial charge in [-0.25, -0.2) is 0 Å². The predicted octanol–water partition coefficient (Wildman–Crippen LogP) is 6.79. The number of anilines is 3. The van der Waals surface area contributed by atoms with Crippen LogP contribution in [-0.4, -0.2) is 23.8 Å². The van der Waals surface area contributed by atoms with Gasteiger partial charge in [-0.1, -0.05) is 55.5 Å². The molecule has 0 aromatic heterocycles. The van der Waals surface area contributed by atoms with Crippen molar-refractivity contribution >= 4 is 38.6 Å². The quantitative estimate of drug-likeness (QED) is 0.144. The zero-order valence-corrected chi connectivity index (χ0v) is 23.7. The van der Waals surface area contributed by atoms with Gasteiger partial charge in [0, 0.05) is 28.7 Å². The van der Waals surface area contributed by atoms with Crippen molar-refractivity contribution in [3.63, 3.8) is 0 Å². The molecule has 41 heavy (non-hydrogen) atoms. The van der Waals surface area contributed by atoms with E-state index in [1.807, 2.05) is 85.8 Å². The summed E-state index contributed by atoms with van der Waals surface area (Å²) < 4.78 is 31.9. The molecule has 4 aromatic carbocycles. The lowest BCUT2D eigenvalue weighted by molar-refractivity contribution is 0.0146. The number of benzene rings is 4. The van der Waals surface area contributed by atoms with Crippen molar-refractivity contribution < 1.29 is 18.1 Å². The third-order valence-corrected chi connectivity index (χ3v) is 8.50. The molecule has 3 unspecified atom stereocenters. The van der Waals surface area contributed by atoms with Crippen LogP contribution in [0.1, 0.15) is 30.0 Å². The van der Waals surface area contributed by atoms with Crippen molar-refractivity contribution in [1.29, 1.82) is 0 Å². The molecular formula is C33H33N3O4S. The Morgan fingerprint density at radius 1 is 0.902 bits per heavy atom. The number of aryl methyl sites for hydroxylation is 1. The first kappa shape index (κ1) is 28.3. The molecule has 0 saturated heterocycles. The van der Waals surface area contributed by atoms with Crippen LogP contribution in [0, 0.1) is 18.8 Å². The minimum absolute atomic E-state index is 0.0874. The minimum atomic E-state index is -4.26. The van der Waals surface area contributed by atoms with Gasteiger partial charge in [-0.2, -0.15) is 8.42 Å². The Bertz CT molecular complexity index is 1700. The zero-order valence-electron chi connectivity index (χ0n) is 22.9. The molecule has 0 bridgehead atoms. The number of para-hydroxylation sites is 1. The molecule has 8 heteroatoms. The highest BCUT2D eigenvalue weighted by Crippen LogP contribution is 2.45. The third kappa shape index (κ3) is 6.10. The molecule has 0 amide bonds. The summed E-state index contributed by atoms with van der Waals surface area (Å²) in [4.78, 5) is 4.63. The molecule has 0 fully saturated rings. The Labute approximate surface area is 240 Å². The average molecular weight is 568 g/mol. The van der Waals surface area contributed by atoms with Gasteiger partial charge in [-0.05, 0) is 96.6 Å². The summed E-state index contributed by atoms with van der Waals surface area (Å²) in [6.45, 7) is 4.07. The highest BCUT2D eigenvalue weighted by molar-refractivity contribution is 7.85. The van der Waals surface area contributed by atoms with Gasteiger partial charge in [0.1, 0.15) is 5.60 Å². The first-order valence-electron chi connectivity index (χ1n) is 13.4. The Balaban J connectivity index is 1.48. The maximum absolute atomic E-state index is 12.6. The Kier molecular flexibility index (Phi) is 7.82. The van der Waals surface area contributed by atoms with E-state index in [0.717, 1.165) is 33.8 Å². The number of aliphatic hydroxyl groups is 1. The van der Waals surface area contributed by atoms with Gasteiger partial charge in [-0.15, -0.1) is 0 Å². The highest BCUT2D eigenvalue weighted by Gasteiger charge is 2.43. The molecule has 1 aliphatic carbocycles. The lowest BCUT2D eigenvalue weighted by Crippen LogP contribution is -2.41. The van der Waals surface area contributed by atoms with Gasteiger partial charge < -0.3 is 16.2 Å². The van der Waals surface area contributed by atoms with Gasteiger partial charge in [0.05, 0.1) is 10.6 Å². The monoisotopic (exact) mass is 567 g/mol. The van der Waals surface area contributed by atoms with Gasteiger partial charge in [-0.3, -0.25) is 9.55 Å². The van der Waals surface area contributed by atoms with E-state index in [2.05, 4.69) is 18.3 Å². The number of nitrogens with zero attached hydrogens (tertiary/aromatic N) is 1. The van der Waals surface area contributed by atoms with E-state index in [0.29, 0.717) is 17.8 Å². The largest absolute Gasteiger partial charge is 0.399 e. The van der Waals surface area contributed by atoms with E-state index in [-0.39, 0.29) is 16.7 Å². The Morgan fingerprint density at radius 2 is 1.51 bits per heavy atom. The first-order chi connectivity index (χ1) is 19.5. The van der Waals surface area contributed by atoms with Gasteiger partial charge in [0.2, 0.25) is 0 Å². The van der Waals surface area contributed by atoms with Crippen LogP contribution in [0.2, 0.25) is 0 Å². The highest BCUT2D eigenvalue weighted by atomic mass is 32.2. The topological polar surface area (TPSA) is 125 Å². The molecule has 210 valence electrons. The fourth-order valence-corrected chi connectivity index (χ4v) is 5.86. The molecule has 5 N–H and O–H groups in total. The number of rotatable bonds is 7. The van der Waals surface area contributed by atoms with Gasteiger partial charge in [0.25, 0.3) is 10.1 Å². The Morgan fingerprint density at radius 3 is 2.10 bits per heavy atom. The number of aliphatic imine (C=N–C) groups is 1. The lowest BCUT2D eigenvalue weighted by atomic mass is 9.67. The molecule has 3 atom stereocenters. The number of hydrogen-bond donors (Lipinski definition) is 4. The third-order valence-electron chi connectivity index (χ3n) is 7.63. The standard InChI is InChI=1S/C33H33N3O4S/c1-22-21-29(36-26-6-4-3-5-7-26)15-18-31(22)33(37,25-10-19-32(34)23(2)20-25)24-8-11-27(12-9-24)35-28-13-16-30(17-14-28)41(38,39)40/h3-20,22,31,35,37H,21,34H2,1-2H3,(H,38,39,40). The predicted molar refractivity (Wildman–Crippen MR) is 165 cm³/mol. The fraction of sp³-hybridized carbons (Fsp3) is 0.182. The maximum Gasteiger partial charge on any atom is 0.294 e. The summed E-state index contributed by atoms with van der Waals surface area (Å²) in [6, 6.07) is 28.9. The summed E-state index contributed by atoms with van der Waals surface area (Å²) >= 11 is 0. The van der Waals surface area contributed by atoms with Crippen LogP contribution in [0.3, 0.4) is 0 Å². The van der Waals surface area contributed by atoms with Crippen molar-refractivity contribution in [2.45, 2.75) is 30.8 Å². The molecule has 0 aliphatic heterocycles. The summed E-state index contributed by atoms with van der Waals surface area (Å²) in [5.41, 5.74) is 11.1. The van der Waals surface area contributed by atoms with Crippen LogP contribution >= 0.6 is 0 Å². The second-order valence-corrected chi connectivity index (χ2v) is 12.0. The molecule has 0 spiro atoms. The van der Waals surface area contributed by atoms with Gasteiger partial charge >= 0.3 is 0 Å². The molecule has 5 rings (SSSR count). The van der Waals surface area contributed by atoms with E-state index in [1.165, 1.54) is 12.1 Å². The van der Waals surface area contributed by atoms with Crippen LogP contribution in [0.15, 0.2) is 119 Å². The average Bonchev–Trinajstić information content (AvgIpc) is 2.95. The van der Waals surface area contributed by atoms with E-state index in [9.17, 15) is 18.1 Å². The maximum atomic E-state index is 12.6. The van der Waals surface area contributed by atoms with Gasteiger partial charge in [0.15, 0.2) is 0 Å². The number of nitrogens with one attached hydrogen (secondary N) is 1. The van der Waals surface area contributed by atoms with Crippen molar-refractivity contribution in [2.75, 3.05) is 11.1 Å². The number of hydrogen-bond acceptors (Lipinski definition) is 6. The second-order valence-electron chi connectivity index (χ2n) is 10.5.